The van der Waals surface area contributed by atoms with Crippen molar-refractivity contribution in [3.63, 3.8) is 0 Å². The van der Waals surface area contributed by atoms with Gasteiger partial charge in [-0.3, -0.25) is 5.10 Å². The van der Waals surface area contributed by atoms with E-state index >= 15 is 0 Å². The smallest absolute Gasteiger partial charge is 0.307 e. The molecule has 0 amide bonds. The summed E-state index contributed by atoms with van der Waals surface area (Å²) in [5.41, 5.74) is 1.10. The molecule has 12 heteroatoms. The van der Waals surface area contributed by atoms with E-state index in [0.717, 1.165) is 5.39 Å². The molecule has 1 aliphatic rings. The Morgan fingerprint density at radius 3 is 2.80 bits per heavy atom. The summed E-state index contributed by atoms with van der Waals surface area (Å²) in [7, 11) is -0.710. The van der Waals surface area contributed by atoms with Crippen molar-refractivity contribution >= 4 is 38.0 Å². The lowest BCUT2D eigenvalue weighted by atomic mass is 10.2. The Bertz CT molecular complexity index is 1320. The molecule has 1 aliphatic heterocycles. The maximum atomic E-state index is 13.0. The first-order valence-corrected chi connectivity index (χ1v) is 10.9. The molecule has 0 unspecified atom stereocenters. The highest BCUT2D eigenvalue weighted by Gasteiger charge is 2.28. The third-order valence-corrected chi connectivity index (χ3v) is 7.09. The molecule has 4 aromatic heterocycles. The van der Waals surface area contributed by atoms with Gasteiger partial charge in [0.15, 0.2) is 11.5 Å². The molecule has 30 heavy (non-hydrogen) atoms. The summed E-state index contributed by atoms with van der Waals surface area (Å²) in [5, 5.41) is 12.7. The lowest BCUT2D eigenvalue weighted by Gasteiger charge is -2.34. The van der Waals surface area contributed by atoms with Crippen LogP contribution in [0.3, 0.4) is 0 Å². The number of hydrogen-bond acceptors (Lipinski definition) is 7. The molecule has 0 radical (unpaired) electrons. The first-order chi connectivity index (χ1) is 14.4. The zero-order valence-corrected chi connectivity index (χ0v) is 17.7. The average molecular weight is 430 g/mol. The van der Waals surface area contributed by atoms with Crippen LogP contribution in [-0.4, -0.2) is 81.6 Å². The second kappa shape index (κ2) is 6.79. The Kier molecular flexibility index (Phi) is 4.31. The van der Waals surface area contributed by atoms with E-state index in [1.807, 2.05) is 0 Å². The van der Waals surface area contributed by atoms with E-state index < -0.39 is 10.2 Å². The summed E-state index contributed by atoms with van der Waals surface area (Å²) in [6.45, 7) is 3.90. The average Bonchev–Trinajstić information content (AvgIpc) is 3.45. The van der Waals surface area contributed by atoms with Crippen LogP contribution in [0.15, 0.2) is 30.7 Å². The standard InChI is InChI=1S/C18H22N8O3S/c1-12-11-29-9-8-24(12)17-13-5-7-25(30(27,28)23(2)3)16(13)14-10-20-26(18(14)21-17)15-4-6-19-22-15/h4-7,10,12H,8-9,11H2,1-3H3,(H,19,22)/t12-/m1/s1. The monoisotopic (exact) mass is 430 g/mol. The maximum Gasteiger partial charge on any atom is 0.307 e. The number of rotatable bonds is 4. The SMILES string of the molecule is C[C@@H]1COCCN1c1nc2c(cnn2-c2ccn[nH]2)c2c1ccn2S(=O)(=O)N(C)C. The molecule has 1 saturated heterocycles. The van der Waals surface area contributed by atoms with Gasteiger partial charge in [0.05, 0.1) is 42.6 Å². The van der Waals surface area contributed by atoms with Crippen LogP contribution in [0.1, 0.15) is 6.92 Å². The molecular formula is C18H22N8O3S. The summed E-state index contributed by atoms with van der Waals surface area (Å²) in [5.74, 6) is 1.36. The van der Waals surface area contributed by atoms with Crippen molar-refractivity contribution in [3.8, 4) is 5.82 Å². The van der Waals surface area contributed by atoms with Gasteiger partial charge in [-0.2, -0.15) is 27.6 Å². The van der Waals surface area contributed by atoms with Crippen molar-refractivity contribution < 1.29 is 13.2 Å². The molecule has 11 nitrogen and oxygen atoms in total. The van der Waals surface area contributed by atoms with E-state index in [-0.39, 0.29) is 6.04 Å². The number of nitrogens with one attached hydrogen (secondary N) is 1. The third kappa shape index (κ3) is 2.71. The fraction of sp³-hybridized carbons (Fsp3) is 0.389. The van der Waals surface area contributed by atoms with Gasteiger partial charge in [-0.05, 0) is 13.0 Å². The van der Waals surface area contributed by atoms with Gasteiger partial charge in [-0.1, -0.05) is 0 Å². The van der Waals surface area contributed by atoms with E-state index in [9.17, 15) is 8.42 Å². The number of ether oxygens (including phenoxy) is 1. The highest BCUT2D eigenvalue weighted by Crippen LogP contribution is 2.35. The number of hydrogen-bond donors (Lipinski definition) is 1. The normalized spacial score (nSPS) is 18.1. The van der Waals surface area contributed by atoms with Crippen LogP contribution in [0, 0.1) is 0 Å². The van der Waals surface area contributed by atoms with E-state index in [0.29, 0.717) is 47.9 Å². The van der Waals surface area contributed by atoms with E-state index in [2.05, 4.69) is 27.1 Å². The zero-order chi connectivity index (χ0) is 21.0. The zero-order valence-electron chi connectivity index (χ0n) is 16.8. The Hall–Kier alpha value is -2.96. The van der Waals surface area contributed by atoms with Crippen LogP contribution in [0.4, 0.5) is 5.82 Å². The number of morpholine rings is 1. The molecule has 1 N–H and O–H groups in total. The predicted molar refractivity (Wildman–Crippen MR) is 112 cm³/mol. The van der Waals surface area contributed by atoms with Gasteiger partial charge in [-0.15, -0.1) is 0 Å². The highest BCUT2D eigenvalue weighted by atomic mass is 32.2. The van der Waals surface area contributed by atoms with Crippen LogP contribution in [0.5, 0.6) is 0 Å². The van der Waals surface area contributed by atoms with Crippen molar-refractivity contribution in [1.82, 2.24) is 33.2 Å². The molecular weight excluding hydrogens is 408 g/mol. The predicted octanol–water partition coefficient (Wildman–Crippen LogP) is 0.978. The minimum absolute atomic E-state index is 0.101. The second-order valence-electron chi connectivity index (χ2n) is 7.45. The number of nitrogens with zero attached hydrogens (tertiary/aromatic N) is 7. The molecule has 158 valence electrons. The number of anilines is 1. The highest BCUT2D eigenvalue weighted by molar-refractivity contribution is 7.87. The number of aromatic amines is 1. The molecule has 0 aliphatic carbocycles. The van der Waals surface area contributed by atoms with Crippen LogP contribution in [0.2, 0.25) is 0 Å². The largest absolute Gasteiger partial charge is 0.377 e. The Labute approximate surface area is 173 Å². The number of pyridine rings is 1. The van der Waals surface area contributed by atoms with Gasteiger partial charge >= 0.3 is 10.2 Å². The van der Waals surface area contributed by atoms with Gasteiger partial charge in [0, 0.05) is 38.3 Å². The number of H-pyrrole nitrogens is 1. The summed E-state index contributed by atoms with van der Waals surface area (Å²) in [4.78, 5) is 7.09. The third-order valence-electron chi connectivity index (χ3n) is 5.37. The molecule has 0 aromatic carbocycles. The number of aromatic nitrogens is 6. The lowest BCUT2D eigenvalue weighted by Crippen LogP contribution is -2.44. The van der Waals surface area contributed by atoms with Crippen LogP contribution >= 0.6 is 0 Å². The summed E-state index contributed by atoms with van der Waals surface area (Å²) >= 11 is 0. The maximum absolute atomic E-state index is 13.0. The molecule has 0 spiro atoms. The van der Waals surface area contributed by atoms with Gasteiger partial charge < -0.3 is 9.64 Å². The van der Waals surface area contributed by atoms with Crippen LogP contribution in [-0.2, 0) is 14.9 Å². The topological polar surface area (TPSA) is 114 Å². The lowest BCUT2D eigenvalue weighted by molar-refractivity contribution is 0.0987. The van der Waals surface area contributed by atoms with E-state index in [4.69, 9.17) is 9.72 Å². The van der Waals surface area contributed by atoms with Crippen molar-refractivity contribution in [2.24, 2.45) is 0 Å². The Balaban J connectivity index is 1.87. The molecule has 5 heterocycles. The molecule has 4 aromatic rings. The fourth-order valence-corrected chi connectivity index (χ4v) is 4.80. The molecule has 5 rings (SSSR count). The first kappa shape index (κ1) is 19.0. The Morgan fingerprint density at radius 2 is 2.10 bits per heavy atom. The molecule has 0 bridgehead atoms. The van der Waals surface area contributed by atoms with E-state index in [1.54, 1.807) is 35.4 Å². The summed E-state index contributed by atoms with van der Waals surface area (Å²) < 4.78 is 35.8. The molecule has 0 saturated carbocycles. The minimum Gasteiger partial charge on any atom is -0.377 e. The number of fused-ring (bicyclic) bond motifs is 3. The Morgan fingerprint density at radius 1 is 1.27 bits per heavy atom. The quantitative estimate of drug-likeness (QED) is 0.513. The first-order valence-electron chi connectivity index (χ1n) is 9.55. The van der Waals surface area contributed by atoms with Crippen molar-refractivity contribution in [2.75, 3.05) is 38.8 Å². The van der Waals surface area contributed by atoms with Gasteiger partial charge in [0.1, 0.15) is 5.82 Å². The van der Waals surface area contributed by atoms with Crippen molar-refractivity contribution in [3.05, 3.63) is 30.7 Å². The van der Waals surface area contributed by atoms with Crippen LogP contribution < -0.4 is 4.90 Å². The molecule has 1 atom stereocenters. The second-order valence-corrected chi connectivity index (χ2v) is 9.47. The minimum atomic E-state index is -3.74. The summed E-state index contributed by atoms with van der Waals surface area (Å²) in [6.07, 6.45) is 4.84. The van der Waals surface area contributed by atoms with E-state index in [1.165, 1.54) is 22.4 Å². The molecule has 1 fully saturated rings. The van der Waals surface area contributed by atoms with Crippen molar-refractivity contribution in [1.29, 1.82) is 0 Å². The van der Waals surface area contributed by atoms with Gasteiger partial charge in [0.2, 0.25) is 0 Å². The fourth-order valence-electron chi connectivity index (χ4n) is 3.81. The van der Waals surface area contributed by atoms with Gasteiger partial charge in [-0.25, -0.2) is 8.96 Å². The van der Waals surface area contributed by atoms with Crippen molar-refractivity contribution in [2.45, 2.75) is 13.0 Å². The van der Waals surface area contributed by atoms with Gasteiger partial charge in [0.25, 0.3) is 0 Å². The summed E-state index contributed by atoms with van der Waals surface area (Å²) in [6, 6.07) is 3.68. The van der Waals surface area contributed by atoms with Crippen LogP contribution in [0.25, 0.3) is 27.8 Å².